The Morgan fingerprint density at radius 1 is 1.06 bits per heavy atom. The summed E-state index contributed by atoms with van der Waals surface area (Å²) in [5.41, 5.74) is 4.62. The van der Waals surface area contributed by atoms with E-state index < -0.39 is 5.25 Å². The molecule has 0 spiro atoms. The molecule has 32 heavy (non-hydrogen) atoms. The number of aromatic nitrogens is 2. The lowest BCUT2D eigenvalue weighted by molar-refractivity contribution is -0.115. The van der Waals surface area contributed by atoms with Crippen molar-refractivity contribution in [3.63, 3.8) is 0 Å². The van der Waals surface area contributed by atoms with Crippen molar-refractivity contribution in [2.24, 2.45) is 0 Å². The van der Waals surface area contributed by atoms with Crippen molar-refractivity contribution < 1.29 is 4.79 Å². The van der Waals surface area contributed by atoms with E-state index in [9.17, 15) is 10.1 Å². The first kappa shape index (κ1) is 21.5. The van der Waals surface area contributed by atoms with Crippen LogP contribution in [0.3, 0.4) is 0 Å². The Morgan fingerprint density at radius 2 is 1.81 bits per heavy atom. The molecule has 2 aromatic heterocycles. The Labute approximate surface area is 191 Å². The summed E-state index contributed by atoms with van der Waals surface area (Å²) in [6.07, 6.45) is 0.598. The number of anilines is 1. The van der Waals surface area contributed by atoms with Crippen LogP contribution in [-0.2, 0) is 4.79 Å². The first-order valence-electron chi connectivity index (χ1n) is 10.4. The third-order valence-corrected chi connectivity index (χ3v) is 6.44. The number of aryl methyl sites for hydroxylation is 1. The number of para-hydroxylation sites is 1. The summed E-state index contributed by atoms with van der Waals surface area (Å²) >= 11 is 1.32. The number of nitrogens with zero attached hydrogens (tertiary/aromatic N) is 3. The summed E-state index contributed by atoms with van der Waals surface area (Å²) in [7, 11) is 0. The number of amides is 1. The Balaban J connectivity index is 1.61. The van der Waals surface area contributed by atoms with Gasteiger partial charge in [-0.05, 0) is 37.6 Å². The number of rotatable bonds is 6. The molecule has 6 heteroatoms. The fourth-order valence-electron chi connectivity index (χ4n) is 3.47. The molecule has 1 N–H and O–H groups in total. The van der Waals surface area contributed by atoms with Crippen LogP contribution in [-0.4, -0.2) is 21.1 Å². The summed E-state index contributed by atoms with van der Waals surface area (Å²) in [4.78, 5) is 22.4. The Hall–Kier alpha value is -3.69. The van der Waals surface area contributed by atoms with Crippen LogP contribution in [0.25, 0.3) is 22.2 Å². The topological polar surface area (TPSA) is 78.7 Å². The predicted molar refractivity (Wildman–Crippen MR) is 129 cm³/mol. The van der Waals surface area contributed by atoms with E-state index in [1.165, 1.54) is 11.8 Å². The van der Waals surface area contributed by atoms with Gasteiger partial charge in [0, 0.05) is 16.6 Å². The Kier molecular flexibility index (Phi) is 6.48. The lowest BCUT2D eigenvalue weighted by atomic mass is 10.1. The number of carbonyl (C=O) groups is 1. The minimum absolute atomic E-state index is 0.121. The van der Waals surface area contributed by atoms with Gasteiger partial charge in [0.2, 0.25) is 5.91 Å². The summed E-state index contributed by atoms with van der Waals surface area (Å²) in [6.45, 7) is 3.87. The van der Waals surface area contributed by atoms with Gasteiger partial charge < -0.3 is 5.32 Å². The number of carbonyl (C=O) groups excluding carboxylic acids is 1. The zero-order valence-electron chi connectivity index (χ0n) is 17.9. The number of nitriles is 1. The number of hydrogen-bond acceptors (Lipinski definition) is 5. The van der Waals surface area contributed by atoms with Gasteiger partial charge in [-0.3, -0.25) is 9.78 Å². The van der Waals surface area contributed by atoms with Crippen LogP contribution in [0.1, 0.15) is 24.6 Å². The minimum Gasteiger partial charge on any atom is -0.324 e. The second-order valence-electron chi connectivity index (χ2n) is 7.36. The molecule has 0 aliphatic carbocycles. The number of nitrogens with one attached hydrogen (secondary N) is 1. The van der Waals surface area contributed by atoms with E-state index in [1.54, 1.807) is 6.07 Å². The highest BCUT2D eigenvalue weighted by Crippen LogP contribution is 2.31. The van der Waals surface area contributed by atoms with Gasteiger partial charge in [0.15, 0.2) is 0 Å². The third-order valence-electron chi connectivity index (χ3n) is 5.07. The molecule has 0 radical (unpaired) electrons. The molecule has 5 nitrogen and oxygen atoms in total. The monoisotopic (exact) mass is 438 g/mol. The molecule has 0 bridgehead atoms. The second-order valence-corrected chi connectivity index (χ2v) is 8.55. The quantitative estimate of drug-likeness (QED) is 0.374. The Bertz CT molecular complexity index is 1310. The van der Waals surface area contributed by atoms with E-state index in [-0.39, 0.29) is 5.91 Å². The maximum Gasteiger partial charge on any atom is 0.237 e. The molecule has 2 aromatic carbocycles. The molecule has 0 aliphatic rings. The number of hydrogen-bond donors (Lipinski definition) is 1. The maximum absolute atomic E-state index is 13.2. The average Bonchev–Trinajstić information content (AvgIpc) is 2.82. The van der Waals surface area contributed by atoms with Crippen molar-refractivity contribution in [3.8, 4) is 17.3 Å². The highest BCUT2D eigenvalue weighted by Gasteiger charge is 2.22. The number of benzene rings is 2. The van der Waals surface area contributed by atoms with Crippen molar-refractivity contribution in [2.45, 2.75) is 30.5 Å². The first-order valence-corrected chi connectivity index (χ1v) is 11.3. The second kappa shape index (κ2) is 9.63. The third kappa shape index (κ3) is 4.63. The van der Waals surface area contributed by atoms with Crippen LogP contribution in [0.5, 0.6) is 0 Å². The fourth-order valence-corrected chi connectivity index (χ4v) is 4.46. The molecule has 0 saturated heterocycles. The molecular formula is C26H22N4OS. The molecule has 0 saturated carbocycles. The normalized spacial score (nSPS) is 11.7. The molecule has 0 aliphatic heterocycles. The summed E-state index contributed by atoms with van der Waals surface area (Å²) in [5, 5.41) is 13.7. The summed E-state index contributed by atoms with van der Waals surface area (Å²) < 4.78 is 0. The van der Waals surface area contributed by atoms with Gasteiger partial charge in [0.05, 0.1) is 27.7 Å². The van der Waals surface area contributed by atoms with Gasteiger partial charge in [0.25, 0.3) is 0 Å². The Morgan fingerprint density at radius 3 is 2.56 bits per heavy atom. The van der Waals surface area contributed by atoms with Crippen molar-refractivity contribution in [1.29, 1.82) is 5.26 Å². The molecule has 1 unspecified atom stereocenters. The molecule has 158 valence electrons. The zero-order chi connectivity index (χ0) is 22.5. The smallest absolute Gasteiger partial charge is 0.237 e. The lowest BCUT2D eigenvalue weighted by Gasteiger charge is -2.17. The molecular weight excluding hydrogens is 416 g/mol. The average molecular weight is 439 g/mol. The van der Waals surface area contributed by atoms with Gasteiger partial charge in [-0.15, -0.1) is 0 Å². The molecule has 4 aromatic rings. The van der Waals surface area contributed by atoms with Gasteiger partial charge in [-0.25, -0.2) is 4.98 Å². The van der Waals surface area contributed by atoms with E-state index in [0.717, 1.165) is 33.5 Å². The molecule has 0 fully saturated rings. The summed E-state index contributed by atoms with van der Waals surface area (Å²) in [5.74, 6) is -0.121. The number of thioether (sulfide) groups is 1. The number of fused-ring (bicyclic) bond motifs is 1. The van der Waals surface area contributed by atoms with Crippen molar-refractivity contribution in [3.05, 3.63) is 84.1 Å². The van der Waals surface area contributed by atoms with E-state index in [1.807, 2.05) is 80.6 Å². The van der Waals surface area contributed by atoms with E-state index in [2.05, 4.69) is 16.4 Å². The van der Waals surface area contributed by atoms with E-state index >= 15 is 0 Å². The molecule has 1 atom stereocenters. The fraction of sp³-hybridized carbons (Fsp3) is 0.154. The van der Waals surface area contributed by atoms with Crippen LogP contribution in [0.2, 0.25) is 0 Å². The molecule has 1 amide bonds. The van der Waals surface area contributed by atoms with Crippen LogP contribution in [0.15, 0.2) is 77.8 Å². The van der Waals surface area contributed by atoms with Crippen molar-refractivity contribution >= 4 is 34.3 Å². The van der Waals surface area contributed by atoms with Crippen LogP contribution in [0.4, 0.5) is 5.69 Å². The van der Waals surface area contributed by atoms with Gasteiger partial charge >= 0.3 is 0 Å². The van der Waals surface area contributed by atoms with Crippen LogP contribution < -0.4 is 5.32 Å². The first-order chi connectivity index (χ1) is 15.6. The number of pyridine rings is 2. The van der Waals surface area contributed by atoms with Crippen molar-refractivity contribution in [1.82, 2.24) is 9.97 Å². The maximum atomic E-state index is 13.2. The van der Waals surface area contributed by atoms with E-state index in [0.29, 0.717) is 17.0 Å². The minimum atomic E-state index is -0.396. The van der Waals surface area contributed by atoms with Gasteiger partial charge in [-0.2, -0.15) is 5.26 Å². The van der Waals surface area contributed by atoms with Gasteiger partial charge in [-0.1, -0.05) is 67.2 Å². The molecule has 2 heterocycles. The predicted octanol–water partition coefficient (Wildman–Crippen LogP) is 5.99. The van der Waals surface area contributed by atoms with E-state index in [4.69, 9.17) is 4.98 Å². The largest absolute Gasteiger partial charge is 0.324 e. The highest BCUT2D eigenvalue weighted by atomic mass is 32.2. The molecule has 4 rings (SSSR count). The summed E-state index contributed by atoms with van der Waals surface area (Å²) in [6, 6.07) is 25.2. The standard InChI is InChI=1S/C26H22N4OS/c1-3-24(25(31)29-23-15-17(2)28-22-12-8-7-11-20(22)23)32-26-19(16-27)13-14-21(30-26)18-9-5-4-6-10-18/h4-15,24H,3H2,1-2H3,(H,28,29,31). The highest BCUT2D eigenvalue weighted by molar-refractivity contribution is 8.00. The zero-order valence-corrected chi connectivity index (χ0v) is 18.7. The van der Waals surface area contributed by atoms with Crippen molar-refractivity contribution in [2.75, 3.05) is 5.32 Å². The SMILES string of the molecule is CCC(Sc1nc(-c2ccccc2)ccc1C#N)C(=O)Nc1cc(C)nc2ccccc12. The van der Waals surface area contributed by atoms with Gasteiger partial charge in [0.1, 0.15) is 11.1 Å². The lowest BCUT2D eigenvalue weighted by Crippen LogP contribution is -2.25. The van der Waals surface area contributed by atoms with Crippen LogP contribution >= 0.6 is 11.8 Å². The van der Waals surface area contributed by atoms with Crippen LogP contribution in [0, 0.1) is 18.3 Å².